The van der Waals surface area contributed by atoms with Crippen LogP contribution in [0, 0.1) is 0 Å². The van der Waals surface area contributed by atoms with Gasteiger partial charge in [0.25, 0.3) is 0 Å². The fraction of sp³-hybridized carbons (Fsp3) is 0.360. The summed E-state index contributed by atoms with van der Waals surface area (Å²) in [4.78, 5) is 15.2. The summed E-state index contributed by atoms with van der Waals surface area (Å²) in [5, 5.41) is 26.1. The molecule has 1 unspecified atom stereocenters. The molecule has 4 aromatic rings. The number of phenolic OH excluding ortho intramolecular Hbond substituents is 1. The van der Waals surface area contributed by atoms with Gasteiger partial charge in [0.1, 0.15) is 23.3 Å². The summed E-state index contributed by atoms with van der Waals surface area (Å²) in [5.74, 6) is 1.24. The van der Waals surface area contributed by atoms with Crippen LogP contribution < -0.4 is 5.32 Å². The molecule has 5 rings (SSSR count). The van der Waals surface area contributed by atoms with Crippen molar-refractivity contribution in [2.24, 2.45) is 0 Å². The van der Waals surface area contributed by atoms with Crippen molar-refractivity contribution in [3.8, 4) is 5.75 Å². The average molecular weight is 432 g/mol. The van der Waals surface area contributed by atoms with E-state index >= 15 is 0 Å². The van der Waals surface area contributed by atoms with Gasteiger partial charge < -0.3 is 25.4 Å². The minimum absolute atomic E-state index is 0.192. The van der Waals surface area contributed by atoms with Crippen molar-refractivity contribution < 1.29 is 10.2 Å². The predicted octanol–water partition coefficient (Wildman–Crippen LogP) is 4.19. The largest absolute Gasteiger partial charge is 0.508 e. The van der Waals surface area contributed by atoms with Crippen molar-refractivity contribution in [2.75, 3.05) is 31.5 Å². The molecule has 7 nitrogen and oxygen atoms in total. The summed E-state index contributed by atoms with van der Waals surface area (Å²) in [7, 11) is 0. The second-order valence-electron chi connectivity index (χ2n) is 8.50. The van der Waals surface area contributed by atoms with E-state index in [1.54, 1.807) is 12.1 Å². The number of fused-ring (bicyclic) bond motifs is 3. The van der Waals surface area contributed by atoms with Crippen LogP contribution in [0.4, 0.5) is 5.82 Å². The van der Waals surface area contributed by atoms with Crippen LogP contribution in [0.3, 0.4) is 0 Å². The molecule has 0 saturated carbocycles. The highest BCUT2D eigenvalue weighted by molar-refractivity contribution is 6.11. The first kappa shape index (κ1) is 20.7. The van der Waals surface area contributed by atoms with Gasteiger partial charge in [-0.3, -0.25) is 0 Å². The van der Waals surface area contributed by atoms with Crippen LogP contribution in [-0.4, -0.2) is 56.2 Å². The molecule has 4 N–H and O–H groups in total. The highest BCUT2D eigenvalue weighted by Crippen LogP contribution is 2.33. The average Bonchev–Trinajstić information content (AvgIpc) is 3.20. The number of rotatable bonds is 7. The topological polar surface area (TPSA) is 97.3 Å². The number of likely N-dealkylation sites (tertiary alicyclic amines) is 1. The molecule has 0 amide bonds. The van der Waals surface area contributed by atoms with Gasteiger partial charge in [-0.25, -0.2) is 9.97 Å². The first-order chi connectivity index (χ1) is 15.7. The minimum Gasteiger partial charge on any atom is -0.508 e. The van der Waals surface area contributed by atoms with Gasteiger partial charge in [-0.05, 0) is 56.6 Å². The number of hydrogen-bond donors (Lipinski definition) is 4. The van der Waals surface area contributed by atoms with Crippen molar-refractivity contribution in [2.45, 2.75) is 31.8 Å². The van der Waals surface area contributed by atoms with Crippen LogP contribution in [0.25, 0.3) is 21.9 Å². The van der Waals surface area contributed by atoms with Crippen molar-refractivity contribution in [1.82, 2.24) is 19.9 Å². The number of aromatic amines is 1. The lowest BCUT2D eigenvalue weighted by Crippen LogP contribution is -2.31. The minimum atomic E-state index is -0.922. The standard InChI is InChI=1S/C25H29N5O2/c31-18-10-11-19-20(16-18)27-24-21(19)23(26-12-7-15-30-13-5-2-6-14-30)28-25(29-24)22(32)17-8-3-1-4-9-17/h1,3-4,8-11,16,22,31-32H,2,5-7,12-15H2,(H2,26,27,28,29). The third-order valence-corrected chi connectivity index (χ3v) is 6.20. The van der Waals surface area contributed by atoms with E-state index < -0.39 is 6.10 Å². The lowest BCUT2D eigenvalue weighted by Gasteiger charge is -2.26. The fourth-order valence-corrected chi connectivity index (χ4v) is 4.53. The second kappa shape index (κ2) is 9.14. The van der Waals surface area contributed by atoms with Crippen LogP contribution in [0.1, 0.15) is 43.2 Å². The van der Waals surface area contributed by atoms with Crippen LogP contribution in [-0.2, 0) is 0 Å². The van der Waals surface area contributed by atoms with Gasteiger partial charge in [-0.2, -0.15) is 0 Å². The van der Waals surface area contributed by atoms with E-state index in [-0.39, 0.29) is 5.75 Å². The van der Waals surface area contributed by atoms with Crippen molar-refractivity contribution in [3.63, 3.8) is 0 Å². The molecular formula is C25H29N5O2. The Morgan fingerprint density at radius 2 is 1.84 bits per heavy atom. The molecule has 1 atom stereocenters. The number of phenols is 1. The Bertz CT molecular complexity index is 1200. The summed E-state index contributed by atoms with van der Waals surface area (Å²) in [6, 6.07) is 14.7. The number of H-pyrrole nitrogens is 1. The number of aromatic hydroxyl groups is 1. The molecule has 3 heterocycles. The number of piperidine rings is 1. The summed E-state index contributed by atoms with van der Waals surface area (Å²) in [6.07, 6.45) is 4.03. The summed E-state index contributed by atoms with van der Waals surface area (Å²) < 4.78 is 0. The highest BCUT2D eigenvalue weighted by Gasteiger charge is 2.19. The number of nitrogens with zero attached hydrogens (tertiary/aromatic N) is 3. The summed E-state index contributed by atoms with van der Waals surface area (Å²) >= 11 is 0. The zero-order valence-corrected chi connectivity index (χ0v) is 18.1. The second-order valence-corrected chi connectivity index (χ2v) is 8.50. The first-order valence-electron chi connectivity index (χ1n) is 11.4. The van der Waals surface area contributed by atoms with Crippen LogP contribution in [0.5, 0.6) is 5.75 Å². The molecule has 0 aliphatic carbocycles. The molecule has 0 bridgehead atoms. The Hall–Kier alpha value is -3.16. The number of aliphatic hydroxyl groups is 1. The summed E-state index contributed by atoms with van der Waals surface area (Å²) in [6.45, 7) is 4.24. The predicted molar refractivity (Wildman–Crippen MR) is 127 cm³/mol. The Labute approximate surface area is 187 Å². The van der Waals surface area contributed by atoms with Gasteiger partial charge in [0.05, 0.1) is 10.9 Å². The van der Waals surface area contributed by atoms with E-state index in [2.05, 4.69) is 20.2 Å². The van der Waals surface area contributed by atoms with E-state index in [1.165, 1.54) is 32.4 Å². The van der Waals surface area contributed by atoms with Gasteiger partial charge in [0.15, 0.2) is 5.82 Å². The van der Waals surface area contributed by atoms with Crippen molar-refractivity contribution in [3.05, 3.63) is 59.9 Å². The molecule has 2 aromatic heterocycles. The Kier molecular flexibility index (Phi) is 5.92. The smallest absolute Gasteiger partial charge is 0.166 e. The molecule has 1 aliphatic rings. The van der Waals surface area contributed by atoms with Gasteiger partial charge in [-0.15, -0.1) is 0 Å². The maximum absolute atomic E-state index is 10.9. The SMILES string of the molecule is Oc1ccc2c(c1)[nH]c1nc(C(O)c3ccccc3)nc(NCCCN3CCCCC3)c12. The van der Waals surface area contributed by atoms with E-state index in [4.69, 9.17) is 4.98 Å². The molecule has 2 aromatic carbocycles. The third-order valence-electron chi connectivity index (χ3n) is 6.20. The normalized spacial score (nSPS) is 15.9. The van der Waals surface area contributed by atoms with Crippen LogP contribution >= 0.6 is 0 Å². The molecule has 1 fully saturated rings. The molecule has 166 valence electrons. The van der Waals surface area contributed by atoms with E-state index in [0.717, 1.165) is 41.4 Å². The zero-order valence-electron chi connectivity index (χ0n) is 18.1. The lowest BCUT2D eigenvalue weighted by atomic mass is 10.1. The quantitative estimate of drug-likeness (QED) is 0.328. The van der Waals surface area contributed by atoms with Gasteiger partial charge in [0.2, 0.25) is 0 Å². The van der Waals surface area contributed by atoms with Crippen LogP contribution in [0.2, 0.25) is 0 Å². The maximum atomic E-state index is 10.9. The number of anilines is 1. The molecule has 32 heavy (non-hydrogen) atoms. The molecule has 0 spiro atoms. The fourth-order valence-electron chi connectivity index (χ4n) is 4.53. The van der Waals surface area contributed by atoms with Gasteiger partial charge >= 0.3 is 0 Å². The van der Waals surface area contributed by atoms with E-state index in [9.17, 15) is 10.2 Å². The van der Waals surface area contributed by atoms with Crippen molar-refractivity contribution in [1.29, 1.82) is 0 Å². The van der Waals surface area contributed by atoms with E-state index in [0.29, 0.717) is 17.3 Å². The van der Waals surface area contributed by atoms with Gasteiger partial charge in [-0.1, -0.05) is 36.8 Å². The number of benzene rings is 2. The molecule has 7 heteroatoms. The summed E-state index contributed by atoms with van der Waals surface area (Å²) in [5.41, 5.74) is 2.18. The number of aromatic nitrogens is 3. The number of nitrogens with one attached hydrogen (secondary N) is 2. The first-order valence-corrected chi connectivity index (χ1v) is 11.4. The van der Waals surface area contributed by atoms with E-state index in [1.807, 2.05) is 36.4 Å². The Morgan fingerprint density at radius 3 is 2.66 bits per heavy atom. The molecule has 1 saturated heterocycles. The number of hydrogen-bond acceptors (Lipinski definition) is 6. The molecule has 1 aliphatic heterocycles. The monoisotopic (exact) mass is 431 g/mol. The maximum Gasteiger partial charge on any atom is 0.166 e. The Morgan fingerprint density at radius 1 is 1.03 bits per heavy atom. The molecule has 0 radical (unpaired) electrons. The lowest BCUT2D eigenvalue weighted by molar-refractivity contribution is 0.210. The zero-order chi connectivity index (χ0) is 21.9. The van der Waals surface area contributed by atoms with Gasteiger partial charge in [0, 0.05) is 18.0 Å². The van der Waals surface area contributed by atoms with Crippen molar-refractivity contribution >= 4 is 27.8 Å². The third kappa shape index (κ3) is 4.26. The molecular weight excluding hydrogens is 402 g/mol. The van der Waals surface area contributed by atoms with Crippen LogP contribution in [0.15, 0.2) is 48.5 Å². The highest BCUT2D eigenvalue weighted by atomic mass is 16.3. The number of aliphatic hydroxyl groups excluding tert-OH is 1. The Balaban J connectivity index is 1.45.